The number of carbonyl (C=O) groups excluding carboxylic acids is 3. The summed E-state index contributed by atoms with van der Waals surface area (Å²) in [6.07, 6.45) is 6.23. The maximum absolute atomic E-state index is 13.4. The second-order valence-electron chi connectivity index (χ2n) is 33.4. The zero-order valence-electron chi connectivity index (χ0n) is 75.1. The summed E-state index contributed by atoms with van der Waals surface area (Å²) in [7, 11) is 11.6. The number of hydrogen-bond donors (Lipinski definition) is 10. The van der Waals surface area contributed by atoms with Crippen LogP contribution in [0.5, 0.6) is 23.0 Å². The number of nitrogens with zero attached hydrogens (tertiary/aromatic N) is 9. The number of esters is 1. The van der Waals surface area contributed by atoms with Gasteiger partial charge in [0.2, 0.25) is 11.8 Å². The number of methoxy groups -OCH3 is 1. The number of carbonyl (C=O) groups is 4. The molecule has 8 aliphatic rings. The number of ether oxygens (including phenoxy) is 5. The average Bonchev–Trinajstić information content (AvgIpc) is 1.51. The van der Waals surface area contributed by atoms with E-state index in [1.807, 2.05) is 160 Å². The summed E-state index contributed by atoms with van der Waals surface area (Å²) in [5.74, 6) is -8.18. The van der Waals surface area contributed by atoms with Crippen LogP contribution in [0.1, 0.15) is 96.0 Å². The normalized spacial score (nSPS) is 28.3. The predicted molar refractivity (Wildman–Crippen MR) is 501 cm³/mol. The Balaban J connectivity index is 0.000000183. The summed E-state index contributed by atoms with van der Waals surface area (Å²) in [6.45, 7) is 9.50. The number of carboxylic acid groups (broad SMARTS) is 1. The third-order valence-electron chi connectivity index (χ3n) is 26.5. The molecule has 2 amide bonds. The van der Waals surface area contributed by atoms with Crippen molar-refractivity contribution in [1.82, 2.24) is 35.1 Å². The van der Waals surface area contributed by atoms with Crippen LogP contribution >= 0.6 is 60.2 Å². The van der Waals surface area contributed by atoms with Crippen LogP contribution in [0.25, 0.3) is 0 Å². The molecule has 137 heavy (non-hydrogen) atoms. The summed E-state index contributed by atoms with van der Waals surface area (Å²) < 4.78 is 33.7. The molecule has 0 unspecified atom stereocenters. The molecule has 35 heteroatoms. The molecule has 29 nitrogen and oxygen atoms in total. The smallest absolute Gasteiger partial charge is 0.870 e. The number of nitrogens with one attached hydrogen (secondary N) is 1. The first-order valence-electron chi connectivity index (χ1n) is 41.9. The molecule has 0 saturated heterocycles. The molecule has 12 aromatic rings. The van der Waals surface area contributed by atoms with Gasteiger partial charge in [-0.3, -0.25) is 39.1 Å². The first kappa shape index (κ1) is 107. The molecule has 0 radical (unpaired) electrons. The number of aromatic nitrogens is 4. The molecule has 0 spiro atoms. The van der Waals surface area contributed by atoms with E-state index < -0.39 is 129 Å². The van der Waals surface area contributed by atoms with Gasteiger partial charge in [-0.1, -0.05) is 218 Å². The van der Waals surface area contributed by atoms with Crippen molar-refractivity contribution in [2.75, 3.05) is 49.4 Å². The number of hydrogen-bond acceptors (Lipinski definition) is 26. The minimum Gasteiger partial charge on any atom is -0.870 e. The minimum absolute atomic E-state index is 0. The van der Waals surface area contributed by atoms with Crippen molar-refractivity contribution in [3.05, 3.63) is 391 Å². The van der Waals surface area contributed by atoms with Crippen LogP contribution in [-0.4, -0.2) is 179 Å². The number of aliphatic hydroxyl groups is 8. The number of amides is 2. The van der Waals surface area contributed by atoms with E-state index in [0.717, 1.165) is 30.1 Å². The quantitative estimate of drug-likeness (QED) is 0.0309. The van der Waals surface area contributed by atoms with E-state index in [9.17, 15) is 70.4 Å². The summed E-state index contributed by atoms with van der Waals surface area (Å²) >= 11 is 10.3. The second kappa shape index (κ2) is 43.2. The number of fused-ring (bicyclic) bond motifs is 12. The SMILES string of the molecule is CN(C)C(=O)[C@H]1[C@@H](O)[C@@]2(O)c3ccncc3O[C@@]2(c2ccc(Br)cc2)[C@@H]1c1ccccc1.CN(C)C(=O)[C@H]1[C@@H](O)[C@@]2(O)c3ccncc3O[C@@]2(c2ccc(C#N)cc2)[C@@H]1c1ccccc1.CNC.COC(=O)[C@H]1[C@@H](O)[C@@]2(O)c3ccncc3O[C@@]2(c2ccc(Br)cc2)[C@@H]1c1ccccc1.Cl.O=C(O)[C@H]1[C@@H](O)[C@@]2(O)c3ccncc3O[C@@]2(c2ccc(Br)cc2)[C@@H]1c1ccccc1.[C-]#N.[C-]#N.[Li+].[OH-].[Zn+2]. The van der Waals surface area contributed by atoms with Gasteiger partial charge in [0, 0.05) is 112 Å². The molecular formula is C102H93Br3ClLiN10O19Zn. The summed E-state index contributed by atoms with van der Waals surface area (Å²) in [6, 6.07) is 74.4. The molecule has 4 fully saturated rings. The number of pyridine rings is 4. The number of aliphatic hydroxyl groups excluding tert-OH is 4. The summed E-state index contributed by atoms with van der Waals surface area (Å²) in [4.78, 5) is 71.6. The van der Waals surface area contributed by atoms with Crippen molar-refractivity contribution in [2.24, 2.45) is 23.7 Å². The van der Waals surface area contributed by atoms with Crippen LogP contribution < -0.4 is 43.1 Å². The van der Waals surface area contributed by atoms with Crippen LogP contribution in [0.3, 0.4) is 0 Å². The van der Waals surface area contributed by atoms with Gasteiger partial charge < -0.3 is 114 Å². The molecule has 8 aromatic carbocycles. The van der Waals surface area contributed by atoms with Gasteiger partial charge in [-0.2, -0.15) is 5.26 Å². The summed E-state index contributed by atoms with van der Waals surface area (Å²) in [5.41, 5.74) is -6.31. The van der Waals surface area contributed by atoms with Gasteiger partial charge in [0.15, 0.2) is 44.8 Å². The number of aliphatic carboxylic acids is 1. The van der Waals surface area contributed by atoms with Crippen molar-refractivity contribution >= 4 is 83.9 Å². The first-order chi connectivity index (χ1) is 63.9. The Bertz CT molecular complexity index is 6350. The van der Waals surface area contributed by atoms with E-state index in [-0.39, 0.29) is 68.0 Å². The fourth-order valence-corrected chi connectivity index (χ4v) is 22.2. The van der Waals surface area contributed by atoms with Gasteiger partial charge in [-0.05, 0) is 131 Å². The van der Waals surface area contributed by atoms with Crippen LogP contribution in [0, 0.1) is 58.7 Å². The topological polar surface area (TPSA) is 468 Å². The van der Waals surface area contributed by atoms with Gasteiger partial charge in [0.1, 0.15) is 47.4 Å². The standard InChI is InChI=1S/C26H23N3O4.C25H23BrN2O4.C24H20BrNO5.C23H18BrNO5.C2H7N.2CN.ClH.Li.H2O.Zn/c1-29(2)24(31)21-22(17-6-4-3-5-7-17)26(18-10-8-16(14-27)9-11-18)25(32,23(21)30)19-12-13-28-15-20(19)33-26;1-28(2)23(30)20-21(15-6-4-3-5-7-15)25(16-8-10-17(26)11-9-16)24(31,22(20)29)18-12-13-27-14-19(18)32-25;1-30-22(28)19-20(14-5-3-2-4-6-14)24(15-7-9-16(25)10-8-15)23(29,21(19)27)17-11-12-26-13-18(17)31-24;24-15-8-6-14(7-9-15)23-19(13-4-2-1-3-5-13)18(21(27)28)20(26)22(23,29)16-10-11-25-12-17(16)30-23;1-3-2;2*1-2;;;;/h3-13,15,21-23,30,32H,1-2H3;3-14,20-22,29,31H,1-2H3;2-13,19-21,27,29H,1H3;1-12,18-20,26,29H,(H,27,28);3H,1-2H3;;;1H;;1H2;/q;;;;;2*-1;;+1;;+2/p-1/t21-,22-,23-,25+,26+;20-,21-,22-,24+,25+;19-,20-,21-,23+,24+;18-,19-,20-,22+,23+;;;;;;;/m1111......./s1. The van der Waals surface area contributed by atoms with Gasteiger partial charge in [0.25, 0.3) is 0 Å². The van der Waals surface area contributed by atoms with Crippen molar-refractivity contribution in [1.29, 1.82) is 15.8 Å². The number of halogens is 4. The summed E-state index contributed by atoms with van der Waals surface area (Å²) in [5, 5.41) is 130. The van der Waals surface area contributed by atoms with E-state index >= 15 is 0 Å². The van der Waals surface area contributed by atoms with E-state index in [1.54, 1.807) is 138 Å². The largest absolute Gasteiger partial charge is 2.00 e. The van der Waals surface area contributed by atoms with E-state index in [4.69, 9.17) is 47.4 Å². The van der Waals surface area contributed by atoms with Gasteiger partial charge in [-0.25, -0.2) is 0 Å². The molecule has 20 atom stereocenters. The molecule has 0 bridgehead atoms. The number of nitriles is 1. The molecule has 4 saturated carbocycles. The van der Waals surface area contributed by atoms with Crippen molar-refractivity contribution in [3.8, 4) is 29.1 Å². The number of benzene rings is 8. The monoisotopic (exact) mass is 2100 g/mol. The first-order valence-corrected chi connectivity index (χ1v) is 44.2. The predicted octanol–water partition coefficient (Wildman–Crippen LogP) is 9.19. The number of rotatable bonds is 12. The van der Waals surface area contributed by atoms with Gasteiger partial charge >= 0.3 is 50.3 Å². The molecule has 20 rings (SSSR count). The van der Waals surface area contributed by atoms with E-state index in [2.05, 4.69) is 79.1 Å². The van der Waals surface area contributed by atoms with Gasteiger partial charge in [-0.15, -0.1) is 12.4 Å². The zero-order chi connectivity index (χ0) is 95.7. The Morgan fingerprint density at radius 1 is 0.401 bits per heavy atom. The van der Waals surface area contributed by atoms with Crippen LogP contribution in [0.15, 0.2) is 306 Å². The fourth-order valence-electron chi connectivity index (χ4n) is 21.4. The molecule has 11 N–H and O–H groups in total. The molecule has 4 aromatic heterocycles. The Morgan fingerprint density at radius 2 is 0.620 bits per heavy atom. The Kier molecular flexibility index (Phi) is 33.9. The molecular weight excluding hydrogens is 2020 g/mol. The van der Waals surface area contributed by atoms with E-state index in [1.165, 1.54) is 54.1 Å². The second-order valence-corrected chi connectivity index (χ2v) is 36.1. The Labute approximate surface area is 846 Å². The van der Waals surface area contributed by atoms with Crippen molar-refractivity contribution in [2.45, 2.75) is 92.9 Å². The fraction of sp³-hybridized carbons (Fsp3) is 0.265. The minimum atomic E-state index is -1.98. The number of carboxylic acids is 1. The van der Waals surface area contributed by atoms with Crippen LogP contribution in [-0.2, 0) is 88.2 Å². The maximum atomic E-state index is 13.4. The zero-order valence-corrected chi connectivity index (χ0v) is 83.6. The average molecular weight is 2110 g/mol. The Hall–Kier alpha value is -11.5. The van der Waals surface area contributed by atoms with Crippen molar-refractivity contribution < 1.29 is 133 Å². The van der Waals surface area contributed by atoms with Crippen LogP contribution in [0.2, 0.25) is 0 Å². The van der Waals surface area contributed by atoms with E-state index in [0.29, 0.717) is 78.6 Å². The molecule has 4 aliphatic heterocycles. The third kappa shape index (κ3) is 16.9. The maximum Gasteiger partial charge on any atom is 2.00 e. The Morgan fingerprint density at radius 3 is 0.847 bits per heavy atom. The third-order valence-corrected chi connectivity index (χ3v) is 28.1. The molecule has 4 aliphatic carbocycles. The van der Waals surface area contributed by atoms with Crippen molar-refractivity contribution in [3.63, 3.8) is 0 Å². The van der Waals surface area contributed by atoms with Gasteiger partial charge in [0.05, 0.1) is 67.2 Å². The molecule has 8 heterocycles. The van der Waals surface area contributed by atoms with Crippen LogP contribution in [0.4, 0.5) is 0 Å². The molecule has 696 valence electrons.